The smallest absolute Gasteiger partial charge is 0.708 e. The van der Waals surface area contributed by atoms with Gasteiger partial charge in [0.2, 0.25) is 17.7 Å². The van der Waals surface area contributed by atoms with Crippen molar-refractivity contribution in [3.63, 3.8) is 0 Å². The Bertz CT molecular complexity index is 2300. The largest absolute Gasteiger partial charge is 1.00 e. The number of benzene rings is 3. The second kappa shape index (κ2) is 54.4. The van der Waals surface area contributed by atoms with E-state index in [1.54, 1.807) is 74.7 Å². The number of allylic oxidation sites excluding steroid dienone is 2. The van der Waals surface area contributed by atoms with Crippen molar-refractivity contribution < 1.29 is 279 Å². The van der Waals surface area contributed by atoms with Gasteiger partial charge >= 0.3 is 235 Å². The quantitative estimate of drug-likeness (QED) is 0.0366. The number of nitrogens with one attached hydrogen (secondary N) is 3. The molecule has 3 aromatic carbocycles. The summed E-state index contributed by atoms with van der Waals surface area (Å²) < 4.78 is 0. The first kappa shape index (κ1) is 90.0. The molecule has 410 valence electrons. The van der Waals surface area contributed by atoms with Gasteiger partial charge in [-0.1, -0.05) is 130 Å². The maximum Gasteiger partial charge on any atom is 1.00 e. The first-order chi connectivity index (χ1) is 35.6. The van der Waals surface area contributed by atoms with E-state index in [-0.39, 0.29) is 278 Å². The molecule has 3 aromatic rings. The van der Waals surface area contributed by atoms with Crippen molar-refractivity contribution >= 4 is 81.1 Å². The molecule has 1 aliphatic heterocycles. The van der Waals surface area contributed by atoms with Gasteiger partial charge in [0.25, 0.3) is 0 Å². The van der Waals surface area contributed by atoms with Crippen LogP contribution in [0.25, 0.3) is 16.0 Å². The topological polar surface area (TPSA) is 261 Å². The SMILES string of the molecule is C=C(C)N.C=CCC([C-]=O)[N-]C(=C)C.CC([C-]=O)Cc1ccc(Cl)cc1.CCCCC1NC(=O)C(Cc2ccccc2)NC(=O)C(Cc2cc[c-]cc2)[N-]C(=O)[CH-]CSSCC(C(C)=O)NC(=O)C(C(C)O)[N-]C1=O.[K+].[K+].[K+].[K+].[Na+]. The van der Waals surface area contributed by atoms with Crippen molar-refractivity contribution in [3.05, 3.63) is 166 Å². The minimum Gasteiger partial charge on any atom is -0.708 e. The normalized spacial score (nSPS) is 18.4. The molecule has 1 fully saturated rings. The van der Waals surface area contributed by atoms with Crippen molar-refractivity contribution in [1.29, 1.82) is 0 Å². The van der Waals surface area contributed by atoms with Gasteiger partial charge in [-0.2, -0.15) is 41.6 Å². The van der Waals surface area contributed by atoms with Gasteiger partial charge < -0.3 is 68.3 Å². The number of hydrogen-bond donors (Lipinski definition) is 5. The Morgan fingerprint density at radius 3 is 1.94 bits per heavy atom. The number of Topliss-reactive ketones (excluding diaryl/α,β-unsaturated/α-hetero) is 1. The molecule has 0 radical (unpaired) electrons. The molecular formula is C56H71ClK4N7NaO9S2-2. The number of aliphatic hydroxyl groups is 1. The van der Waals surface area contributed by atoms with Crippen LogP contribution in [0.4, 0.5) is 0 Å². The molecule has 4 rings (SSSR count). The summed E-state index contributed by atoms with van der Waals surface area (Å²) in [5, 5.41) is 31.3. The number of nitrogens with zero attached hydrogens (tertiary/aromatic N) is 3. The predicted octanol–water partition coefficient (Wildman–Crippen LogP) is -6.90. The summed E-state index contributed by atoms with van der Waals surface area (Å²) in [5.41, 5.74) is 8.82. The van der Waals surface area contributed by atoms with Gasteiger partial charge in [-0.05, 0) is 74.7 Å². The monoisotopic (exact) mass is 1260 g/mol. The first-order valence-electron chi connectivity index (χ1n) is 24.2. The molecule has 24 heteroatoms. The second-order valence-corrected chi connectivity index (χ2v) is 20.4. The molecule has 16 nitrogen and oxygen atoms in total. The molecule has 1 saturated heterocycles. The Balaban J connectivity index is -0.000000497. The maximum atomic E-state index is 13.9. The number of carbonyl (C=O) groups is 6. The van der Waals surface area contributed by atoms with Crippen LogP contribution in [0.3, 0.4) is 0 Å². The molecule has 0 bridgehead atoms. The van der Waals surface area contributed by atoms with Crippen LogP contribution in [-0.2, 0) is 57.6 Å². The number of aliphatic hydroxyl groups excluding tert-OH is 1. The van der Waals surface area contributed by atoms with Gasteiger partial charge in [0.1, 0.15) is 6.04 Å². The average molecular weight is 1270 g/mol. The van der Waals surface area contributed by atoms with Crippen LogP contribution in [0.1, 0.15) is 83.9 Å². The Morgan fingerprint density at radius 2 is 1.43 bits per heavy atom. The van der Waals surface area contributed by atoms with Crippen molar-refractivity contribution in [2.75, 3.05) is 11.5 Å². The molecular weight excluding hydrogens is 1190 g/mol. The summed E-state index contributed by atoms with van der Waals surface area (Å²) in [5.74, 6) is -3.66. The summed E-state index contributed by atoms with van der Waals surface area (Å²) in [7, 11) is 2.48. The van der Waals surface area contributed by atoms with Gasteiger partial charge in [0.05, 0.1) is 18.0 Å². The van der Waals surface area contributed by atoms with Crippen LogP contribution in [0.15, 0.2) is 116 Å². The van der Waals surface area contributed by atoms with Crippen molar-refractivity contribution in [3.8, 4) is 0 Å². The number of carbonyl (C=O) groups excluding carboxylic acids is 8. The number of unbranched alkanes of at least 4 members (excludes halogenated alkanes) is 1. The van der Waals surface area contributed by atoms with E-state index in [1.165, 1.54) is 41.9 Å². The molecule has 0 aliphatic carbocycles. The van der Waals surface area contributed by atoms with E-state index in [1.807, 2.05) is 50.5 Å². The van der Waals surface area contributed by atoms with E-state index in [0.717, 1.165) is 28.1 Å². The number of rotatable bonds is 17. The summed E-state index contributed by atoms with van der Waals surface area (Å²) in [6.07, 6.45) is 8.13. The van der Waals surface area contributed by atoms with E-state index in [2.05, 4.69) is 57.7 Å². The fraction of sp³-hybridized carbons (Fsp3) is 0.411. The molecule has 0 spiro atoms. The molecule has 8 unspecified atom stereocenters. The van der Waals surface area contributed by atoms with Crippen LogP contribution in [0, 0.1) is 18.4 Å². The van der Waals surface area contributed by atoms with Crippen LogP contribution in [-0.4, -0.2) is 107 Å². The second-order valence-electron chi connectivity index (χ2n) is 17.4. The van der Waals surface area contributed by atoms with Gasteiger partial charge in [-0.15, -0.1) is 35.6 Å². The zero-order chi connectivity index (χ0) is 56.3. The summed E-state index contributed by atoms with van der Waals surface area (Å²) in [4.78, 5) is 100. The molecule has 80 heavy (non-hydrogen) atoms. The Labute approximate surface area is 680 Å². The standard InChI is InChI=1S/C35H45N5O7S2.C10H10ClO.C8H11NO.C3H7N.4K.Na/c1-4-5-16-26-32(44)40-31(23(3)42)35(47)39-29(22(2)41)21-49-48-18-17-30(43)36-27(19-24-12-8-6-9-13-24)33(45)38-28(34(46)37-26)20-25-14-10-7-11-15-25;1-8(7-12)6-9-2-4-10(11)5-3-9;1-4-5-8(6-10)9-7(2)3;1-3(2)4;;;;;/h7-15,17,23,26-29,31,42H,4-5,16,18-21H2,1-3H3,(H5,36,37,38,39,40,43,44,45,46,47);2-5,8H,6H2,1H3;4,8H,1-2,5H2,3H3;1,4H2,2H3;;;;;/q-2;-1;-2;;5*+1/p-2. The first-order valence-corrected chi connectivity index (χ1v) is 27.0. The number of ketones is 1. The average Bonchev–Trinajstić information content (AvgIpc) is 3.36. The van der Waals surface area contributed by atoms with Crippen molar-refractivity contribution in [1.82, 2.24) is 16.0 Å². The van der Waals surface area contributed by atoms with Gasteiger partial charge in [0.15, 0.2) is 5.78 Å². The van der Waals surface area contributed by atoms with E-state index in [9.17, 15) is 43.5 Å². The fourth-order valence-corrected chi connectivity index (χ4v) is 8.59. The number of hydrogen-bond acceptors (Lipinski definition) is 12. The van der Waals surface area contributed by atoms with Crippen LogP contribution < -0.4 is 257 Å². The van der Waals surface area contributed by atoms with E-state index in [4.69, 9.17) is 17.3 Å². The molecule has 0 aromatic heterocycles. The zero-order valence-electron chi connectivity index (χ0n) is 48.6. The number of nitrogens with two attached hydrogens (primary N) is 1. The number of halogens is 1. The third kappa shape index (κ3) is 42.9. The predicted molar refractivity (Wildman–Crippen MR) is 302 cm³/mol. The van der Waals surface area contributed by atoms with Crippen LogP contribution >= 0.6 is 33.2 Å². The van der Waals surface area contributed by atoms with Gasteiger partial charge in [-0.3, -0.25) is 31.8 Å². The van der Waals surface area contributed by atoms with Gasteiger partial charge in [-0.25, -0.2) is 6.04 Å². The van der Waals surface area contributed by atoms with Crippen molar-refractivity contribution in [2.45, 2.75) is 129 Å². The van der Waals surface area contributed by atoms with E-state index >= 15 is 0 Å². The zero-order valence-corrected chi connectivity index (χ0v) is 65.5. The minimum atomic E-state index is -1.54. The van der Waals surface area contributed by atoms with Gasteiger partial charge in [0, 0.05) is 23.3 Å². The van der Waals surface area contributed by atoms with E-state index in [0.29, 0.717) is 30.7 Å². The molecule has 1 aliphatic rings. The molecule has 8 atom stereocenters. The molecule has 0 saturated carbocycles. The van der Waals surface area contributed by atoms with Crippen molar-refractivity contribution in [2.24, 2.45) is 11.7 Å². The summed E-state index contributed by atoms with van der Waals surface area (Å²) in [6.45, 7) is 20.2. The third-order valence-electron chi connectivity index (χ3n) is 10.2. The molecule has 6 N–H and O–H groups in total. The summed E-state index contributed by atoms with van der Waals surface area (Å²) in [6, 6.07) is 19.9. The molecule has 1 heterocycles. The number of amides is 5. The minimum absolute atomic E-state index is 0. The van der Waals surface area contributed by atoms with Crippen LogP contribution in [0.5, 0.6) is 0 Å². The summed E-state index contributed by atoms with van der Waals surface area (Å²) >= 11 is 5.70. The Morgan fingerprint density at radius 1 is 0.850 bits per heavy atom. The fourth-order valence-electron chi connectivity index (χ4n) is 6.42. The van der Waals surface area contributed by atoms with E-state index < -0.39 is 71.9 Å². The Hall–Kier alpha value is 1.21. The Kier molecular flexibility index (Phi) is 61.1. The maximum absolute atomic E-state index is 13.9. The third-order valence-corrected chi connectivity index (χ3v) is 12.7. The molecule has 5 amide bonds. The van der Waals surface area contributed by atoms with Crippen LogP contribution in [0.2, 0.25) is 5.02 Å².